The minimum atomic E-state index is -0.571. The molecule has 13 heteroatoms. The van der Waals surface area contributed by atoms with Gasteiger partial charge in [-0.25, -0.2) is 15.4 Å². The van der Waals surface area contributed by atoms with Gasteiger partial charge in [-0.2, -0.15) is 4.68 Å². The van der Waals surface area contributed by atoms with E-state index < -0.39 is 5.91 Å². The van der Waals surface area contributed by atoms with Gasteiger partial charge >= 0.3 is 5.56 Å². The molecule has 3 heterocycles. The van der Waals surface area contributed by atoms with Crippen molar-refractivity contribution in [1.82, 2.24) is 25.2 Å². The largest absolute Gasteiger partial charge is 0.489 e. The summed E-state index contributed by atoms with van der Waals surface area (Å²) < 4.78 is 7.24. The highest BCUT2D eigenvalue weighted by Crippen LogP contribution is 2.30. The lowest BCUT2D eigenvalue weighted by Gasteiger charge is -2.07. The van der Waals surface area contributed by atoms with Crippen LogP contribution in [-0.2, 0) is 6.61 Å². The Balaban J connectivity index is 1.21. The van der Waals surface area contributed by atoms with E-state index in [4.69, 9.17) is 14.9 Å². The average Bonchev–Trinajstić information content (AvgIpc) is 3.81. The zero-order valence-corrected chi connectivity index (χ0v) is 23.3. The monoisotopic (exact) mass is 595 g/mol. The Kier molecular flexibility index (Phi) is 7.76. The van der Waals surface area contributed by atoms with Gasteiger partial charge in [0.1, 0.15) is 12.4 Å². The van der Waals surface area contributed by atoms with Crippen molar-refractivity contribution in [2.24, 2.45) is 10.2 Å². The smallest absolute Gasteiger partial charge is 0.301 e. The number of benzene rings is 3. The Bertz CT molecular complexity index is 1890. The molecule has 0 fully saturated rings. The summed E-state index contributed by atoms with van der Waals surface area (Å²) >= 11 is 2.65. The number of azo groups is 1. The van der Waals surface area contributed by atoms with Gasteiger partial charge in [0, 0.05) is 33.6 Å². The van der Waals surface area contributed by atoms with E-state index in [0.717, 1.165) is 16.7 Å². The molecule has 0 saturated heterocycles. The van der Waals surface area contributed by atoms with Crippen LogP contribution in [0, 0.1) is 0 Å². The SMILES string of the molecule is O=C(NO)c1ccc(COc2ccc(-c3csc(-n4[nH]c(-c5ccccc5)c(N=Nc5nccs5)c4=O)n3)cc2)cc1. The van der Waals surface area contributed by atoms with Crippen molar-refractivity contribution in [2.45, 2.75) is 6.61 Å². The van der Waals surface area contributed by atoms with E-state index in [2.05, 4.69) is 20.3 Å². The molecule has 3 aromatic heterocycles. The second-order valence-corrected chi connectivity index (χ2v) is 10.5. The van der Waals surface area contributed by atoms with Crippen molar-refractivity contribution in [2.75, 3.05) is 0 Å². The topological polar surface area (TPSA) is 147 Å². The number of ether oxygens (including phenoxy) is 1. The van der Waals surface area contributed by atoms with Gasteiger partial charge in [-0.1, -0.05) is 42.5 Å². The predicted octanol–water partition coefficient (Wildman–Crippen LogP) is 6.53. The lowest BCUT2D eigenvalue weighted by molar-refractivity contribution is 0.0706. The molecule has 0 unspecified atom stereocenters. The minimum absolute atomic E-state index is 0.168. The molecule has 3 N–H and O–H groups in total. The minimum Gasteiger partial charge on any atom is -0.489 e. The van der Waals surface area contributed by atoms with Crippen LogP contribution in [0.15, 0.2) is 111 Å². The van der Waals surface area contributed by atoms with Gasteiger partial charge in [-0.15, -0.1) is 32.9 Å². The molecule has 208 valence electrons. The first-order chi connectivity index (χ1) is 20.6. The maximum atomic E-state index is 13.4. The highest BCUT2D eigenvalue weighted by atomic mass is 32.1. The summed E-state index contributed by atoms with van der Waals surface area (Å²) in [6.07, 6.45) is 1.63. The Labute approximate surface area is 246 Å². The number of hydrogen-bond donors (Lipinski definition) is 3. The van der Waals surface area contributed by atoms with Crippen molar-refractivity contribution in [3.8, 4) is 33.4 Å². The van der Waals surface area contributed by atoms with E-state index in [0.29, 0.717) is 39.6 Å². The molecular formula is C29H21N7O4S2. The van der Waals surface area contributed by atoms with Crippen molar-refractivity contribution < 1.29 is 14.7 Å². The Morgan fingerprint density at radius 1 is 0.976 bits per heavy atom. The number of nitrogens with zero attached hydrogens (tertiary/aromatic N) is 5. The maximum absolute atomic E-state index is 13.4. The third-order valence-corrected chi connectivity index (χ3v) is 7.62. The Morgan fingerprint density at radius 3 is 2.48 bits per heavy atom. The van der Waals surface area contributed by atoms with E-state index in [1.165, 1.54) is 27.4 Å². The number of hydroxylamine groups is 1. The second-order valence-electron chi connectivity index (χ2n) is 8.82. The van der Waals surface area contributed by atoms with Crippen LogP contribution in [0.1, 0.15) is 15.9 Å². The normalized spacial score (nSPS) is 11.2. The molecule has 42 heavy (non-hydrogen) atoms. The van der Waals surface area contributed by atoms with Crippen LogP contribution in [0.4, 0.5) is 10.8 Å². The van der Waals surface area contributed by atoms with Gasteiger partial charge in [0.2, 0.25) is 10.3 Å². The number of thiazole rings is 2. The third-order valence-electron chi connectivity index (χ3n) is 6.14. The number of aromatic nitrogens is 4. The molecule has 0 aliphatic carbocycles. The zero-order chi connectivity index (χ0) is 28.9. The van der Waals surface area contributed by atoms with Crippen molar-refractivity contribution in [3.05, 3.63) is 117 Å². The van der Waals surface area contributed by atoms with Gasteiger partial charge in [-0.3, -0.25) is 19.9 Å². The average molecular weight is 596 g/mol. The number of amides is 1. The van der Waals surface area contributed by atoms with E-state index >= 15 is 0 Å². The van der Waals surface area contributed by atoms with Crippen LogP contribution in [0.25, 0.3) is 27.6 Å². The van der Waals surface area contributed by atoms with Crippen LogP contribution in [0.2, 0.25) is 0 Å². The fourth-order valence-corrected chi connectivity index (χ4v) is 5.27. The highest BCUT2D eigenvalue weighted by Gasteiger charge is 2.19. The molecule has 1 amide bonds. The lowest BCUT2D eigenvalue weighted by atomic mass is 10.1. The molecule has 0 bridgehead atoms. The van der Waals surface area contributed by atoms with Crippen molar-refractivity contribution in [3.63, 3.8) is 0 Å². The summed E-state index contributed by atoms with van der Waals surface area (Å²) in [5, 5.41) is 24.9. The van der Waals surface area contributed by atoms with Crippen LogP contribution in [0.3, 0.4) is 0 Å². The molecule has 0 radical (unpaired) electrons. The summed E-state index contributed by atoms with van der Waals surface area (Å²) in [6, 6.07) is 23.6. The number of H-pyrrole nitrogens is 1. The number of rotatable bonds is 9. The van der Waals surface area contributed by atoms with Crippen LogP contribution in [-0.4, -0.2) is 30.9 Å². The molecular weight excluding hydrogens is 574 g/mol. The van der Waals surface area contributed by atoms with Gasteiger partial charge in [-0.05, 0) is 42.0 Å². The molecule has 0 aliphatic rings. The summed E-state index contributed by atoms with van der Waals surface area (Å²) in [5.74, 6) is 0.0911. The first kappa shape index (κ1) is 27.0. The number of aromatic amines is 1. The molecule has 6 rings (SSSR count). The Hall–Kier alpha value is -5.24. The van der Waals surface area contributed by atoms with Crippen LogP contribution in [0.5, 0.6) is 5.75 Å². The summed E-state index contributed by atoms with van der Waals surface area (Å²) in [5.41, 5.74) is 5.51. The molecule has 11 nitrogen and oxygen atoms in total. The number of carbonyl (C=O) groups is 1. The first-order valence-electron chi connectivity index (χ1n) is 12.5. The summed E-state index contributed by atoms with van der Waals surface area (Å²) in [4.78, 5) is 33.7. The third kappa shape index (κ3) is 5.78. The summed E-state index contributed by atoms with van der Waals surface area (Å²) in [6.45, 7) is 0.308. The first-order valence-corrected chi connectivity index (χ1v) is 14.3. The van der Waals surface area contributed by atoms with Gasteiger partial charge in [0.25, 0.3) is 5.91 Å². The number of carbonyl (C=O) groups excluding carboxylic acids is 1. The lowest BCUT2D eigenvalue weighted by Crippen LogP contribution is -2.18. The standard InChI is InChI=1S/C29H21N7O4S2/c37-26(35-39)21-8-6-18(7-9-21)16-40-22-12-10-19(11-13-22)23-17-42-29(31-23)36-27(38)25(32-33-28-30-14-15-41-28)24(34-36)20-4-2-1-3-5-20/h1-15,17,34,39H,16H2,(H,35,37). The quantitative estimate of drug-likeness (QED) is 0.0984. The molecule has 0 spiro atoms. The maximum Gasteiger partial charge on any atom is 0.301 e. The molecule has 6 aromatic rings. The van der Waals surface area contributed by atoms with Gasteiger partial charge in [0.15, 0.2) is 5.69 Å². The van der Waals surface area contributed by atoms with Crippen LogP contribution < -0.4 is 15.8 Å². The van der Waals surface area contributed by atoms with E-state index in [9.17, 15) is 9.59 Å². The van der Waals surface area contributed by atoms with Gasteiger partial charge in [0.05, 0.1) is 11.4 Å². The number of hydrogen-bond acceptors (Lipinski definition) is 10. The number of nitrogens with one attached hydrogen (secondary N) is 2. The second kappa shape index (κ2) is 12.1. The molecule has 0 aliphatic heterocycles. The Morgan fingerprint density at radius 2 is 1.76 bits per heavy atom. The molecule has 0 saturated carbocycles. The fraction of sp³-hybridized carbons (Fsp3) is 0.0345. The zero-order valence-electron chi connectivity index (χ0n) is 21.7. The van der Waals surface area contributed by atoms with Crippen LogP contribution >= 0.6 is 22.7 Å². The summed E-state index contributed by atoms with van der Waals surface area (Å²) in [7, 11) is 0. The molecule has 0 atom stereocenters. The molecule has 3 aromatic carbocycles. The fourth-order valence-electron chi connectivity index (χ4n) is 4.03. The van der Waals surface area contributed by atoms with Crippen molar-refractivity contribution in [1.29, 1.82) is 0 Å². The van der Waals surface area contributed by atoms with E-state index in [1.54, 1.807) is 41.3 Å². The predicted molar refractivity (Wildman–Crippen MR) is 159 cm³/mol. The van der Waals surface area contributed by atoms with E-state index in [-0.39, 0.29) is 11.2 Å². The van der Waals surface area contributed by atoms with Gasteiger partial charge < -0.3 is 4.74 Å². The van der Waals surface area contributed by atoms with E-state index in [1.807, 2.05) is 60.0 Å². The van der Waals surface area contributed by atoms with Crippen molar-refractivity contribution >= 4 is 39.4 Å². The highest BCUT2D eigenvalue weighted by molar-refractivity contribution is 7.13.